The third-order valence-corrected chi connectivity index (χ3v) is 3.48. The normalized spacial score (nSPS) is 18.0. The predicted molar refractivity (Wildman–Crippen MR) is 69.5 cm³/mol. The van der Waals surface area contributed by atoms with Crippen LogP contribution in [0, 0.1) is 0 Å². The van der Waals surface area contributed by atoms with Crippen LogP contribution in [0.1, 0.15) is 24.4 Å². The average molecular weight is 259 g/mol. The van der Waals surface area contributed by atoms with Crippen LogP contribution in [0.15, 0.2) is 35.2 Å². The summed E-state index contributed by atoms with van der Waals surface area (Å²) >= 11 is 0. The lowest BCUT2D eigenvalue weighted by molar-refractivity contribution is -0.122. The number of carbonyl (C=O) groups excluding carboxylic acids is 1. The van der Waals surface area contributed by atoms with Crippen LogP contribution in [-0.2, 0) is 24.2 Å². The van der Waals surface area contributed by atoms with Gasteiger partial charge in [0.1, 0.15) is 11.6 Å². The maximum Gasteiger partial charge on any atom is 0.220 e. The van der Waals surface area contributed by atoms with Gasteiger partial charge in [-0.15, -0.1) is 0 Å². The molecule has 0 saturated heterocycles. The summed E-state index contributed by atoms with van der Waals surface area (Å²) in [7, 11) is 0. The van der Waals surface area contributed by atoms with E-state index in [1.807, 2.05) is 24.5 Å². The Morgan fingerprint density at radius 2 is 2.53 bits per heavy atom. The summed E-state index contributed by atoms with van der Waals surface area (Å²) in [5.74, 6) is 2.06. The second-order valence-electron chi connectivity index (χ2n) is 4.88. The molecule has 0 saturated carbocycles. The number of aromatic nitrogens is 2. The van der Waals surface area contributed by atoms with Crippen molar-refractivity contribution in [3.63, 3.8) is 0 Å². The number of imidazole rings is 1. The van der Waals surface area contributed by atoms with Gasteiger partial charge in [0.05, 0.1) is 6.26 Å². The van der Waals surface area contributed by atoms with Gasteiger partial charge in [-0.2, -0.15) is 0 Å². The number of carbonyl (C=O) groups is 1. The molecule has 1 amide bonds. The third-order valence-electron chi connectivity index (χ3n) is 3.48. The monoisotopic (exact) mass is 259 g/mol. The van der Waals surface area contributed by atoms with Crippen molar-refractivity contribution in [2.24, 2.45) is 0 Å². The van der Waals surface area contributed by atoms with E-state index in [0.717, 1.165) is 31.0 Å². The molecule has 0 radical (unpaired) electrons. The van der Waals surface area contributed by atoms with Gasteiger partial charge in [0.15, 0.2) is 0 Å². The molecule has 0 bridgehead atoms. The largest absolute Gasteiger partial charge is 0.469 e. The lowest BCUT2D eigenvalue weighted by atomic mass is 10.1. The number of nitrogens with zero attached hydrogens (tertiary/aromatic N) is 2. The summed E-state index contributed by atoms with van der Waals surface area (Å²) in [6, 6.07) is 3.95. The zero-order valence-electron chi connectivity index (χ0n) is 10.7. The van der Waals surface area contributed by atoms with Crippen molar-refractivity contribution in [3.05, 3.63) is 42.4 Å². The fourth-order valence-corrected chi connectivity index (χ4v) is 2.48. The summed E-state index contributed by atoms with van der Waals surface area (Å²) in [6.07, 6.45) is 8.43. The molecule has 19 heavy (non-hydrogen) atoms. The minimum absolute atomic E-state index is 0.0879. The van der Waals surface area contributed by atoms with Gasteiger partial charge in [-0.05, 0) is 18.6 Å². The molecule has 0 aliphatic carbocycles. The summed E-state index contributed by atoms with van der Waals surface area (Å²) < 4.78 is 7.33. The Morgan fingerprint density at radius 3 is 3.37 bits per heavy atom. The number of hydrogen-bond donors (Lipinski definition) is 1. The molecule has 1 aliphatic heterocycles. The molecule has 3 heterocycles. The molecule has 5 nitrogen and oxygen atoms in total. The van der Waals surface area contributed by atoms with Crippen LogP contribution in [0.2, 0.25) is 0 Å². The first-order chi connectivity index (χ1) is 9.31. The molecule has 3 rings (SSSR count). The van der Waals surface area contributed by atoms with Crippen LogP contribution < -0.4 is 5.32 Å². The van der Waals surface area contributed by atoms with Crippen LogP contribution in [0.4, 0.5) is 0 Å². The molecule has 0 aromatic carbocycles. The fourth-order valence-electron chi connectivity index (χ4n) is 2.48. The van der Waals surface area contributed by atoms with Crippen molar-refractivity contribution in [1.29, 1.82) is 0 Å². The number of hydrogen-bond acceptors (Lipinski definition) is 3. The van der Waals surface area contributed by atoms with E-state index in [9.17, 15) is 4.79 Å². The SMILES string of the molecule is O=C(CCc1ccco1)NC1CCc2nccn2C1. The van der Waals surface area contributed by atoms with Crippen molar-refractivity contribution in [3.8, 4) is 0 Å². The van der Waals surface area contributed by atoms with Crippen molar-refractivity contribution in [1.82, 2.24) is 14.9 Å². The van der Waals surface area contributed by atoms with Gasteiger partial charge >= 0.3 is 0 Å². The van der Waals surface area contributed by atoms with Gasteiger partial charge in [0.25, 0.3) is 0 Å². The molecule has 2 aromatic heterocycles. The molecule has 1 unspecified atom stereocenters. The van der Waals surface area contributed by atoms with E-state index >= 15 is 0 Å². The smallest absolute Gasteiger partial charge is 0.220 e. The highest BCUT2D eigenvalue weighted by molar-refractivity contribution is 5.76. The highest BCUT2D eigenvalue weighted by atomic mass is 16.3. The first-order valence-corrected chi connectivity index (χ1v) is 6.63. The topological polar surface area (TPSA) is 60.1 Å². The maximum atomic E-state index is 11.9. The summed E-state index contributed by atoms with van der Waals surface area (Å²) in [5, 5.41) is 3.08. The Kier molecular flexibility index (Phi) is 3.35. The third kappa shape index (κ3) is 2.86. The molecule has 5 heteroatoms. The van der Waals surface area contributed by atoms with Gasteiger partial charge in [-0.25, -0.2) is 4.98 Å². The molecular weight excluding hydrogens is 242 g/mol. The molecule has 1 aliphatic rings. The zero-order chi connectivity index (χ0) is 13.1. The Hall–Kier alpha value is -2.04. The van der Waals surface area contributed by atoms with Gasteiger partial charge in [-0.3, -0.25) is 4.79 Å². The second-order valence-corrected chi connectivity index (χ2v) is 4.88. The van der Waals surface area contributed by atoms with E-state index in [-0.39, 0.29) is 11.9 Å². The molecular formula is C14H17N3O2. The molecule has 1 atom stereocenters. The number of rotatable bonds is 4. The molecule has 100 valence electrons. The lowest BCUT2D eigenvalue weighted by Gasteiger charge is -2.24. The van der Waals surface area contributed by atoms with E-state index in [0.29, 0.717) is 12.8 Å². The minimum atomic E-state index is 0.0879. The number of aryl methyl sites for hydroxylation is 2. The van der Waals surface area contributed by atoms with Gasteiger partial charge in [0.2, 0.25) is 5.91 Å². The van der Waals surface area contributed by atoms with E-state index in [1.54, 1.807) is 6.26 Å². The van der Waals surface area contributed by atoms with Gasteiger partial charge in [-0.1, -0.05) is 0 Å². The number of furan rings is 1. The predicted octanol–water partition coefficient (Wildman–Crippen LogP) is 1.54. The van der Waals surface area contributed by atoms with Crippen molar-refractivity contribution in [2.75, 3.05) is 0 Å². The molecule has 2 aromatic rings. The Bertz CT molecular complexity index is 545. The Labute approximate surface area is 111 Å². The lowest BCUT2D eigenvalue weighted by Crippen LogP contribution is -2.40. The highest BCUT2D eigenvalue weighted by Gasteiger charge is 2.20. The van der Waals surface area contributed by atoms with Gasteiger partial charge in [0, 0.05) is 44.2 Å². The van der Waals surface area contributed by atoms with Crippen LogP contribution in [0.25, 0.3) is 0 Å². The van der Waals surface area contributed by atoms with E-state index in [2.05, 4.69) is 14.9 Å². The van der Waals surface area contributed by atoms with Crippen LogP contribution in [-0.4, -0.2) is 21.5 Å². The number of fused-ring (bicyclic) bond motifs is 1. The first-order valence-electron chi connectivity index (χ1n) is 6.63. The van der Waals surface area contributed by atoms with E-state index in [1.165, 1.54) is 0 Å². The van der Waals surface area contributed by atoms with E-state index < -0.39 is 0 Å². The van der Waals surface area contributed by atoms with Crippen LogP contribution in [0.5, 0.6) is 0 Å². The molecule has 0 spiro atoms. The zero-order valence-corrected chi connectivity index (χ0v) is 10.7. The molecule has 0 fully saturated rings. The Balaban J connectivity index is 1.48. The summed E-state index contributed by atoms with van der Waals surface area (Å²) in [4.78, 5) is 16.2. The summed E-state index contributed by atoms with van der Waals surface area (Å²) in [5.41, 5.74) is 0. The maximum absolute atomic E-state index is 11.9. The van der Waals surface area contributed by atoms with Crippen LogP contribution >= 0.6 is 0 Å². The van der Waals surface area contributed by atoms with Crippen molar-refractivity contribution >= 4 is 5.91 Å². The van der Waals surface area contributed by atoms with Crippen molar-refractivity contribution < 1.29 is 9.21 Å². The quantitative estimate of drug-likeness (QED) is 0.906. The fraction of sp³-hybridized carbons (Fsp3) is 0.429. The minimum Gasteiger partial charge on any atom is -0.469 e. The van der Waals surface area contributed by atoms with Crippen molar-refractivity contribution in [2.45, 2.75) is 38.3 Å². The number of nitrogens with one attached hydrogen (secondary N) is 1. The second kappa shape index (κ2) is 5.30. The van der Waals surface area contributed by atoms with Crippen LogP contribution in [0.3, 0.4) is 0 Å². The highest BCUT2D eigenvalue weighted by Crippen LogP contribution is 2.13. The first kappa shape index (κ1) is 12.0. The average Bonchev–Trinajstić information content (AvgIpc) is 3.07. The standard InChI is InChI=1S/C14H17N3O2/c18-14(6-4-12-2-1-9-19-12)16-11-3-5-13-15-7-8-17(13)10-11/h1-2,7-9,11H,3-6,10H2,(H,16,18). The summed E-state index contributed by atoms with van der Waals surface area (Å²) in [6.45, 7) is 0.821. The van der Waals surface area contributed by atoms with Gasteiger partial charge < -0.3 is 14.3 Å². The van der Waals surface area contributed by atoms with E-state index in [4.69, 9.17) is 4.42 Å². The molecule has 1 N–H and O–H groups in total. The number of amides is 1. The Morgan fingerprint density at radius 1 is 1.58 bits per heavy atom.